The number of aromatic amines is 1. The largest absolute Gasteiger partial charge is 0.382 e. The molecule has 2 heterocycles. The molecule has 20 heavy (non-hydrogen) atoms. The van der Waals surface area contributed by atoms with Crippen LogP contribution in [0, 0.1) is 0 Å². The zero-order valence-corrected chi connectivity index (χ0v) is 11.6. The number of hydrogen-bond acceptors (Lipinski definition) is 6. The van der Waals surface area contributed by atoms with E-state index in [4.69, 9.17) is 0 Å². The Morgan fingerprint density at radius 3 is 2.75 bits per heavy atom. The molecule has 7 nitrogen and oxygen atoms in total. The van der Waals surface area contributed by atoms with Crippen LogP contribution in [0.2, 0.25) is 0 Å². The molecule has 1 aliphatic heterocycles. The molecule has 0 amide bonds. The van der Waals surface area contributed by atoms with Gasteiger partial charge in [0.15, 0.2) is 0 Å². The smallest absolute Gasteiger partial charge is 0.204 e. The Balaban J connectivity index is 1.71. The zero-order chi connectivity index (χ0) is 14.0. The summed E-state index contributed by atoms with van der Waals surface area (Å²) in [4.78, 5) is 0. The van der Waals surface area contributed by atoms with Crippen molar-refractivity contribution in [2.24, 2.45) is 0 Å². The molecule has 106 valence electrons. The summed E-state index contributed by atoms with van der Waals surface area (Å²) in [7, 11) is -2.82. The van der Waals surface area contributed by atoms with Gasteiger partial charge in [-0.25, -0.2) is 8.42 Å². The summed E-state index contributed by atoms with van der Waals surface area (Å²) in [5, 5.41) is 17.2. The van der Waals surface area contributed by atoms with Crippen LogP contribution in [0.15, 0.2) is 24.3 Å². The molecule has 1 aromatic carbocycles. The highest BCUT2D eigenvalue weighted by atomic mass is 32.2. The number of nitrogens with zero attached hydrogens (tertiary/aromatic N) is 3. The molecule has 0 aliphatic carbocycles. The molecule has 0 radical (unpaired) electrons. The SMILES string of the molecule is O=S1(=O)CCC(Nc2cccc(-c3nn[nH]n3)c2)CC1. The Hall–Kier alpha value is -1.96. The first-order valence-corrected chi connectivity index (χ1v) is 8.25. The van der Waals surface area contributed by atoms with Crippen molar-refractivity contribution in [3.8, 4) is 11.4 Å². The topological polar surface area (TPSA) is 101 Å². The second-order valence-corrected chi connectivity index (χ2v) is 7.19. The summed E-state index contributed by atoms with van der Waals surface area (Å²) >= 11 is 0. The Kier molecular flexibility index (Phi) is 3.39. The van der Waals surface area contributed by atoms with Crippen molar-refractivity contribution < 1.29 is 8.42 Å². The first-order valence-electron chi connectivity index (χ1n) is 6.43. The van der Waals surface area contributed by atoms with E-state index in [2.05, 4.69) is 25.9 Å². The fourth-order valence-electron chi connectivity index (χ4n) is 2.30. The lowest BCUT2D eigenvalue weighted by molar-refractivity contribution is 0.559. The molecule has 2 aromatic rings. The Morgan fingerprint density at radius 2 is 2.05 bits per heavy atom. The van der Waals surface area contributed by atoms with Crippen molar-refractivity contribution in [1.29, 1.82) is 0 Å². The van der Waals surface area contributed by atoms with E-state index in [1.54, 1.807) is 0 Å². The van der Waals surface area contributed by atoms with E-state index < -0.39 is 9.84 Å². The minimum atomic E-state index is -2.82. The van der Waals surface area contributed by atoms with Crippen LogP contribution in [-0.4, -0.2) is 46.6 Å². The number of rotatable bonds is 3. The van der Waals surface area contributed by atoms with Crippen LogP contribution in [0.4, 0.5) is 5.69 Å². The number of H-pyrrole nitrogens is 1. The monoisotopic (exact) mass is 293 g/mol. The molecular weight excluding hydrogens is 278 g/mol. The number of sulfone groups is 1. The first kappa shape index (κ1) is 13.0. The lowest BCUT2D eigenvalue weighted by Gasteiger charge is -2.24. The second kappa shape index (κ2) is 5.20. The predicted molar refractivity (Wildman–Crippen MR) is 74.9 cm³/mol. The number of aromatic nitrogens is 4. The minimum Gasteiger partial charge on any atom is -0.382 e. The Labute approximate surface area is 116 Å². The van der Waals surface area contributed by atoms with Gasteiger partial charge in [-0.05, 0) is 30.2 Å². The number of benzene rings is 1. The van der Waals surface area contributed by atoms with E-state index in [0.717, 1.165) is 11.3 Å². The third-order valence-corrected chi connectivity index (χ3v) is 5.11. The highest BCUT2D eigenvalue weighted by Crippen LogP contribution is 2.22. The van der Waals surface area contributed by atoms with E-state index in [0.29, 0.717) is 18.7 Å². The van der Waals surface area contributed by atoms with Gasteiger partial charge in [0.25, 0.3) is 0 Å². The van der Waals surface area contributed by atoms with E-state index >= 15 is 0 Å². The molecule has 1 aliphatic rings. The summed E-state index contributed by atoms with van der Waals surface area (Å²) in [5.74, 6) is 1.06. The van der Waals surface area contributed by atoms with Gasteiger partial charge in [0.1, 0.15) is 9.84 Å². The quantitative estimate of drug-likeness (QED) is 0.870. The maximum Gasteiger partial charge on any atom is 0.204 e. The molecule has 1 aromatic heterocycles. The molecule has 1 fully saturated rings. The summed E-state index contributed by atoms with van der Waals surface area (Å²) in [6, 6.07) is 7.90. The van der Waals surface area contributed by atoms with Gasteiger partial charge in [-0.3, -0.25) is 0 Å². The van der Waals surface area contributed by atoms with Crippen LogP contribution in [0.1, 0.15) is 12.8 Å². The van der Waals surface area contributed by atoms with Crippen LogP contribution in [0.25, 0.3) is 11.4 Å². The van der Waals surface area contributed by atoms with Gasteiger partial charge in [-0.1, -0.05) is 12.1 Å². The second-order valence-electron chi connectivity index (χ2n) is 4.89. The molecule has 1 saturated heterocycles. The maximum atomic E-state index is 11.4. The highest BCUT2D eigenvalue weighted by molar-refractivity contribution is 7.91. The average Bonchev–Trinajstić information content (AvgIpc) is 2.96. The molecular formula is C12H15N5O2S. The van der Waals surface area contributed by atoms with Gasteiger partial charge >= 0.3 is 0 Å². The first-order chi connectivity index (χ1) is 9.62. The van der Waals surface area contributed by atoms with Gasteiger partial charge in [0.05, 0.1) is 11.5 Å². The van der Waals surface area contributed by atoms with E-state index in [1.807, 2.05) is 24.3 Å². The summed E-state index contributed by atoms with van der Waals surface area (Å²) in [5.41, 5.74) is 1.81. The van der Waals surface area contributed by atoms with Crippen LogP contribution < -0.4 is 5.32 Å². The van der Waals surface area contributed by atoms with Crippen molar-refractivity contribution in [3.05, 3.63) is 24.3 Å². The maximum absolute atomic E-state index is 11.4. The zero-order valence-electron chi connectivity index (χ0n) is 10.8. The molecule has 0 unspecified atom stereocenters. The molecule has 0 spiro atoms. The lowest BCUT2D eigenvalue weighted by atomic mass is 10.1. The number of tetrazole rings is 1. The van der Waals surface area contributed by atoms with Gasteiger partial charge < -0.3 is 5.32 Å². The third kappa shape index (κ3) is 2.96. The van der Waals surface area contributed by atoms with E-state index in [1.165, 1.54) is 0 Å². The summed E-state index contributed by atoms with van der Waals surface area (Å²) in [6.45, 7) is 0. The van der Waals surface area contributed by atoms with E-state index in [-0.39, 0.29) is 17.5 Å². The standard InChI is InChI=1S/C12H15N5O2S/c18-20(19)6-4-10(5-7-20)13-11-3-1-2-9(8-11)12-14-16-17-15-12/h1-3,8,10,13H,4-7H2,(H,14,15,16,17). The molecule has 0 atom stereocenters. The van der Waals surface area contributed by atoms with Crippen LogP contribution in [0.5, 0.6) is 0 Å². The van der Waals surface area contributed by atoms with Gasteiger partial charge in [-0.15, -0.1) is 10.2 Å². The van der Waals surface area contributed by atoms with Crippen molar-refractivity contribution >= 4 is 15.5 Å². The highest BCUT2D eigenvalue weighted by Gasteiger charge is 2.23. The third-order valence-electron chi connectivity index (χ3n) is 3.39. The number of anilines is 1. The average molecular weight is 293 g/mol. The van der Waals surface area contributed by atoms with Crippen molar-refractivity contribution in [1.82, 2.24) is 20.6 Å². The fourth-order valence-corrected chi connectivity index (χ4v) is 3.79. The minimum absolute atomic E-state index is 0.194. The molecule has 2 N–H and O–H groups in total. The van der Waals surface area contributed by atoms with Gasteiger partial charge in [0, 0.05) is 17.3 Å². The van der Waals surface area contributed by atoms with Crippen LogP contribution >= 0.6 is 0 Å². The van der Waals surface area contributed by atoms with Gasteiger partial charge in [0.2, 0.25) is 5.82 Å². The van der Waals surface area contributed by atoms with E-state index in [9.17, 15) is 8.42 Å². The summed E-state index contributed by atoms with van der Waals surface area (Å²) < 4.78 is 22.8. The number of nitrogens with one attached hydrogen (secondary N) is 2. The van der Waals surface area contributed by atoms with Crippen LogP contribution in [-0.2, 0) is 9.84 Å². The fraction of sp³-hybridized carbons (Fsp3) is 0.417. The molecule has 0 saturated carbocycles. The predicted octanol–water partition coefficient (Wildman–Crippen LogP) is 0.856. The molecule has 0 bridgehead atoms. The Morgan fingerprint density at radius 1 is 1.25 bits per heavy atom. The normalized spacial score (nSPS) is 18.8. The lowest BCUT2D eigenvalue weighted by Crippen LogP contribution is -2.32. The van der Waals surface area contributed by atoms with Gasteiger partial charge in [-0.2, -0.15) is 5.21 Å². The van der Waals surface area contributed by atoms with Crippen LogP contribution in [0.3, 0.4) is 0 Å². The summed E-state index contributed by atoms with van der Waals surface area (Å²) in [6.07, 6.45) is 1.30. The van der Waals surface area contributed by atoms with Crippen molar-refractivity contribution in [2.45, 2.75) is 18.9 Å². The molecule has 3 rings (SSSR count). The van der Waals surface area contributed by atoms with Crippen molar-refractivity contribution in [3.63, 3.8) is 0 Å². The Bertz CT molecular complexity index is 670. The molecule has 8 heteroatoms. The van der Waals surface area contributed by atoms with Crippen molar-refractivity contribution in [2.75, 3.05) is 16.8 Å². The number of hydrogen-bond donors (Lipinski definition) is 2.